The summed E-state index contributed by atoms with van der Waals surface area (Å²) in [5, 5.41) is 20.5. The number of nitrogens with one attached hydrogen (secondary N) is 2. The standard InChI is InChI=1S/C26H28N6O2/c1-31-15-13-18(14-16-31)17-27-25(34)20-5-9-21(10-6-20)28-26-29-24-4-2-3-23(32(24)30-26)19-7-11-22(33)12-8-19/h2-12,18,33H,13-17H2,1H3,(H,27,34)(H,28,30). The molecule has 0 bridgehead atoms. The van der Waals surface area contributed by atoms with Gasteiger partial charge < -0.3 is 20.6 Å². The highest BCUT2D eigenvalue weighted by Gasteiger charge is 2.17. The number of piperidine rings is 1. The number of fused-ring (bicyclic) bond motifs is 1. The molecule has 1 aliphatic rings. The number of aromatic hydroxyl groups is 1. The number of phenols is 1. The zero-order valence-electron chi connectivity index (χ0n) is 19.1. The topological polar surface area (TPSA) is 94.8 Å². The first-order chi connectivity index (χ1) is 16.5. The predicted octanol–water partition coefficient (Wildman–Crippen LogP) is 3.92. The van der Waals surface area contributed by atoms with Crippen LogP contribution >= 0.6 is 0 Å². The highest BCUT2D eigenvalue weighted by atomic mass is 16.3. The van der Waals surface area contributed by atoms with Gasteiger partial charge in [-0.2, -0.15) is 4.98 Å². The highest BCUT2D eigenvalue weighted by Crippen LogP contribution is 2.24. The summed E-state index contributed by atoms with van der Waals surface area (Å²) in [6, 6.07) is 20.1. The first-order valence-corrected chi connectivity index (χ1v) is 11.5. The summed E-state index contributed by atoms with van der Waals surface area (Å²) < 4.78 is 1.76. The molecule has 8 heteroatoms. The van der Waals surface area contributed by atoms with Crippen molar-refractivity contribution >= 4 is 23.2 Å². The van der Waals surface area contributed by atoms with E-state index in [2.05, 4.69) is 32.7 Å². The van der Waals surface area contributed by atoms with Crippen molar-refractivity contribution in [2.75, 3.05) is 32.0 Å². The number of aromatic nitrogens is 3. The molecule has 0 radical (unpaired) electrons. The third-order valence-corrected chi connectivity index (χ3v) is 6.32. The van der Waals surface area contributed by atoms with Crippen LogP contribution in [0.4, 0.5) is 11.6 Å². The number of phenolic OH excluding ortho intramolecular Hbond substituents is 1. The van der Waals surface area contributed by atoms with Gasteiger partial charge >= 0.3 is 0 Å². The lowest BCUT2D eigenvalue weighted by molar-refractivity contribution is 0.0939. The molecule has 34 heavy (non-hydrogen) atoms. The first-order valence-electron chi connectivity index (χ1n) is 11.5. The fourth-order valence-corrected chi connectivity index (χ4v) is 4.25. The van der Waals surface area contributed by atoms with Crippen LogP contribution in [0, 0.1) is 5.92 Å². The lowest BCUT2D eigenvalue weighted by Crippen LogP contribution is -2.36. The Labute approximate surface area is 198 Å². The molecule has 2 aromatic heterocycles. The minimum atomic E-state index is -0.0464. The van der Waals surface area contributed by atoms with Crippen LogP contribution < -0.4 is 10.6 Å². The number of nitrogens with zero attached hydrogens (tertiary/aromatic N) is 4. The number of hydrogen-bond donors (Lipinski definition) is 3. The smallest absolute Gasteiger partial charge is 0.251 e. The van der Waals surface area contributed by atoms with Crippen LogP contribution in [0.2, 0.25) is 0 Å². The summed E-state index contributed by atoms with van der Waals surface area (Å²) in [5.41, 5.74) is 3.94. The summed E-state index contributed by atoms with van der Waals surface area (Å²) >= 11 is 0. The van der Waals surface area contributed by atoms with E-state index in [0.29, 0.717) is 23.1 Å². The van der Waals surface area contributed by atoms with Crippen molar-refractivity contribution in [3.63, 3.8) is 0 Å². The van der Waals surface area contributed by atoms with Gasteiger partial charge in [0.15, 0.2) is 5.65 Å². The molecule has 0 unspecified atom stereocenters. The number of anilines is 2. The molecule has 0 spiro atoms. The number of amides is 1. The van der Waals surface area contributed by atoms with Crippen molar-refractivity contribution in [2.24, 2.45) is 5.92 Å². The molecule has 0 aliphatic carbocycles. The van der Waals surface area contributed by atoms with Crippen molar-refractivity contribution in [1.82, 2.24) is 24.8 Å². The number of hydrogen-bond acceptors (Lipinski definition) is 6. The molecule has 1 fully saturated rings. The second-order valence-corrected chi connectivity index (χ2v) is 8.82. The van der Waals surface area contributed by atoms with Crippen LogP contribution in [-0.4, -0.2) is 57.2 Å². The quantitative estimate of drug-likeness (QED) is 0.407. The molecule has 174 valence electrons. The molecular weight excluding hydrogens is 428 g/mol. The van der Waals surface area contributed by atoms with Gasteiger partial charge in [-0.05, 0) is 99.6 Å². The van der Waals surface area contributed by atoms with Crippen LogP contribution in [0.15, 0.2) is 66.7 Å². The molecule has 1 saturated heterocycles. The van der Waals surface area contributed by atoms with Crippen LogP contribution in [0.1, 0.15) is 23.2 Å². The lowest BCUT2D eigenvalue weighted by Gasteiger charge is -2.28. The van der Waals surface area contributed by atoms with Crippen molar-refractivity contribution in [3.05, 3.63) is 72.3 Å². The molecular formula is C26H28N6O2. The zero-order chi connectivity index (χ0) is 23.5. The molecule has 1 aliphatic heterocycles. The van der Waals surface area contributed by atoms with Crippen molar-refractivity contribution in [1.29, 1.82) is 0 Å². The zero-order valence-corrected chi connectivity index (χ0v) is 19.1. The maximum atomic E-state index is 12.5. The summed E-state index contributed by atoms with van der Waals surface area (Å²) in [6.07, 6.45) is 2.25. The van der Waals surface area contributed by atoms with Gasteiger partial charge in [0, 0.05) is 23.4 Å². The Morgan fingerprint density at radius 2 is 1.76 bits per heavy atom. The number of carbonyl (C=O) groups excluding carboxylic acids is 1. The van der Waals surface area contributed by atoms with Gasteiger partial charge in [0.25, 0.3) is 5.91 Å². The number of carbonyl (C=O) groups is 1. The van der Waals surface area contributed by atoms with E-state index in [1.54, 1.807) is 16.6 Å². The number of rotatable bonds is 6. The van der Waals surface area contributed by atoms with Gasteiger partial charge in [-0.1, -0.05) is 6.07 Å². The maximum absolute atomic E-state index is 12.5. The summed E-state index contributed by atoms with van der Waals surface area (Å²) in [7, 11) is 2.14. The van der Waals surface area contributed by atoms with Gasteiger partial charge in [0.05, 0.1) is 5.69 Å². The predicted molar refractivity (Wildman–Crippen MR) is 132 cm³/mol. The SMILES string of the molecule is CN1CCC(CNC(=O)c2ccc(Nc3nc4cccc(-c5ccc(O)cc5)n4n3)cc2)CC1. The van der Waals surface area contributed by atoms with Crippen molar-refractivity contribution in [3.8, 4) is 17.0 Å². The molecule has 4 aromatic rings. The van der Waals surface area contributed by atoms with Crippen LogP contribution in [0.3, 0.4) is 0 Å². The van der Waals surface area contributed by atoms with Crippen LogP contribution in [0.5, 0.6) is 5.75 Å². The second-order valence-electron chi connectivity index (χ2n) is 8.82. The number of likely N-dealkylation sites (tertiary alicyclic amines) is 1. The second kappa shape index (κ2) is 9.52. The molecule has 8 nitrogen and oxygen atoms in total. The molecule has 0 saturated carbocycles. The first kappa shape index (κ1) is 21.9. The third kappa shape index (κ3) is 4.87. The minimum Gasteiger partial charge on any atom is -0.508 e. The highest BCUT2D eigenvalue weighted by molar-refractivity contribution is 5.94. The average molecular weight is 457 g/mol. The normalized spacial score (nSPS) is 14.9. The summed E-state index contributed by atoms with van der Waals surface area (Å²) in [5.74, 6) is 1.19. The van der Waals surface area contributed by atoms with E-state index in [1.807, 2.05) is 54.6 Å². The lowest BCUT2D eigenvalue weighted by atomic mass is 9.97. The molecule has 1 amide bonds. The van der Waals surface area contributed by atoms with Gasteiger partial charge in [-0.25, -0.2) is 4.52 Å². The minimum absolute atomic E-state index is 0.0464. The van der Waals surface area contributed by atoms with Gasteiger partial charge in [-0.15, -0.1) is 5.10 Å². The van der Waals surface area contributed by atoms with Gasteiger partial charge in [0.1, 0.15) is 5.75 Å². The Kier molecular flexibility index (Phi) is 6.14. The van der Waals surface area contributed by atoms with E-state index in [0.717, 1.165) is 49.4 Å². The third-order valence-electron chi connectivity index (χ3n) is 6.32. The van der Waals surface area contributed by atoms with E-state index in [9.17, 15) is 9.90 Å². The Balaban J connectivity index is 1.25. The van der Waals surface area contributed by atoms with E-state index in [1.165, 1.54) is 0 Å². The Hall–Kier alpha value is -3.91. The number of benzene rings is 2. The summed E-state index contributed by atoms with van der Waals surface area (Å²) in [4.78, 5) is 19.4. The molecule has 3 heterocycles. The molecule has 5 rings (SSSR count). The number of pyridine rings is 1. The largest absolute Gasteiger partial charge is 0.508 e. The van der Waals surface area contributed by atoms with Crippen LogP contribution in [0.25, 0.3) is 16.9 Å². The average Bonchev–Trinajstić information content (AvgIpc) is 3.27. The van der Waals surface area contributed by atoms with Gasteiger partial charge in [0.2, 0.25) is 5.95 Å². The van der Waals surface area contributed by atoms with E-state index < -0.39 is 0 Å². The molecule has 2 aromatic carbocycles. The fraction of sp³-hybridized carbons (Fsp3) is 0.269. The van der Waals surface area contributed by atoms with E-state index >= 15 is 0 Å². The van der Waals surface area contributed by atoms with Gasteiger partial charge in [-0.3, -0.25) is 4.79 Å². The Bertz CT molecular complexity index is 1280. The monoisotopic (exact) mass is 456 g/mol. The maximum Gasteiger partial charge on any atom is 0.251 e. The van der Waals surface area contributed by atoms with E-state index in [4.69, 9.17) is 0 Å². The Morgan fingerprint density at radius 1 is 1.03 bits per heavy atom. The summed E-state index contributed by atoms with van der Waals surface area (Å²) in [6.45, 7) is 2.91. The van der Waals surface area contributed by atoms with E-state index in [-0.39, 0.29) is 11.7 Å². The van der Waals surface area contributed by atoms with Crippen molar-refractivity contribution < 1.29 is 9.90 Å². The van der Waals surface area contributed by atoms with Crippen molar-refractivity contribution in [2.45, 2.75) is 12.8 Å². The fourth-order valence-electron chi connectivity index (χ4n) is 4.25. The molecule has 0 atom stereocenters. The Morgan fingerprint density at radius 3 is 2.50 bits per heavy atom. The van der Waals surface area contributed by atoms with Crippen LogP contribution in [-0.2, 0) is 0 Å². The molecule has 3 N–H and O–H groups in total.